The van der Waals surface area contributed by atoms with Gasteiger partial charge in [0.25, 0.3) is 0 Å². The Bertz CT molecular complexity index is 844. The maximum absolute atomic E-state index is 12.6. The molecule has 0 N–H and O–H groups in total. The van der Waals surface area contributed by atoms with E-state index in [4.69, 9.17) is 14.2 Å². The van der Waals surface area contributed by atoms with Crippen LogP contribution in [0.5, 0.6) is 0 Å². The number of ether oxygens (including phenoxy) is 3. The van der Waals surface area contributed by atoms with Crippen molar-refractivity contribution in [1.82, 2.24) is 0 Å². The third-order valence-electron chi connectivity index (χ3n) is 11.6. The molecule has 0 saturated carbocycles. The van der Waals surface area contributed by atoms with Crippen LogP contribution >= 0.6 is 0 Å². The fourth-order valence-corrected chi connectivity index (χ4v) is 7.74. The van der Waals surface area contributed by atoms with Crippen molar-refractivity contribution in [3.63, 3.8) is 0 Å². The summed E-state index contributed by atoms with van der Waals surface area (Å²) in [6, 6.07) is 0. The molecule has 0 saturated heterocycles. The SMILES string of the molecule is CCCCCCCCCCCCCCCCCCCCCC(=O)OC[C@H](COC(=O)CCCCCCCCCCCCCCC)OC(=O)CCCCCCCCC. The first-order chi connectivity index (χ1) is 28.0. The number of esters is 3. The fraction of sp³-hybridized carbons (Fsp3) is 0.941. The first-order valence-corrected chi connectivity index (χ1v) is 25.5. The van der Waals surface area contributed by atoms with Gasteiger partial charge in [-0.15, -0.1) is 0 Å². The van der Waals surface area contributed by atoms with Gasteiger partial charge in [0.15, 0.2) is 6.10 Å². The number of carbonyl (C=O) groups excluding carboxylic acids is 3. The minimum atomic E-state index is -0.758. The van der Waals surface area contributed by atoms with Crippen LogP contribution in [0.15, 0.2) is 0 Å². The van der Waals surface area contributed by atoms with E-state index in [1.54, 1.807) is 0 Å². The molecule has 0 unspecified atom stereocenters. The topological polar surface area (TPSA) is 78.9 Å². The van der Waals surface area contributed by atoms with Crippen LogP contribution in [0.3, 0.4) is 0 Å². The predicted octanol–water partition coefficient (Wildman–Crippen LogP) is 16.4. The summed E-state index contributed by atoms with van der Waals surface area (Å²) < 4.78 is 16.7. The van der Waals surface area contributed by atoms with Gasteiger partial charge in [0.2, 0.25) is 0 Å². The van der Waals surface area contributed by atoms with Crippen LogP contribution in [0.4, 0.5) is 0 Å². The quantitative estimate of drug-likeness (QED) is 0.0346. The molecule has 6 nitrogen and oxygen atoms in total. The first-order valence-electron chi connectivity index (χ1n) is 25.5. The molecule has 0 heterocycles. The summed E-state index contributed by atoms with van der Waals surface area (Å²) in [4.78, 5) is 37.7. The van der Waals surface area contributed by atoms with E-state index in [0.29, 0.717) is 19.3 Å². The Morgan fingerprint density at radius 3 is 0.702 bits per heavy atom. The lowest BCUT2D eigenvalue weighted by Crippen LogP contribution is -2.30. The van der Waals surface area contributed by atoms with Gasteiger partial charge in [0.05, 0.1) is 0 Å². The van der Waals surface area contributed by atoms with E-state index in [9.17, 15) is 14.4 Å². The number of hydrogen-bond donors (Lipinski definition) is 0. The highest BCUT2D eigenvalue weighted by Gasteiger charge is 2.19. The minimum absolute atomic E-state index is 0.0628. The molecule has 0 rings (SSSR count). The van der Waals surface area contributed by atoms with Crippen LogP contribution in [0.1, 0.15) is 290 Å². The fourth-order valence-electron chi connectivity index (χ4n) is 7.74. The largest absolute Gasteiger partial charge is 0.462 e. The summed E-state index contributed by atoms with van der Waals surface area (Å²) in [7, 11) is 0. The van der Waals surface area contributed by atoms with Crippen LogP contribution in [0.2, 0.25) is 0 Å². The average Bonchev–Trinajstić information content (AvgIpc) is 3.21. The second-order valence-corrected chi connectivity index (χ2v) is 17.5. The molecular formula is C51H98O6. The normalized spacial score (nSPS) is 11.8. The van der Waals surface area contributed by atoms with Gasteiger partial charge in [0, 0.05) is 19.3 Å². The van der Waals surface area contributed by atoms with Gasteiger partial charge in [-0.1, -0.05) is 252 Å². The van der Waals surface area contributed by atoms with Gasteiger partial charge >= 0.3 is 17.9 Å². The number of hydrogen-bond acceptors (Lipinski definition) is 6. The van der Waals surface area contributed by atoms with E-state index in [1.165, 1.54) is 193 Å². The van der Waals surface area contributed by atoms with Crippen molar-refractivity contribution in [3.8, 4) is 0 Å². The Hall–Kier alpha value is -1.59. The second-order valence-electron chi connectivity index (χ2n) is 17.5. The molecule has 57 heavy (non-hydrogen) atoms. The summed E-state index contributed by atoms with van der Waals surface area (Å²) >= 11 is 0. The van der Waals surface area contributed by atoms with Crippen molar-refractivity contribution in [2.24, 2.45) is 0 Å². The molecule has 6 heteroatoms. The average molecular weight is 807 g/mol. The summed E-state index contributed by atoms with van der Waals surface area (Å²) in [5, 5.41) is 0. The maximum Gasteiger partial charge on any atom is 0.306 e. The highest BCUT2D eigenvalue weighted by atomic mass is 16.6. The lowest BCUT2D eigenvalue weighted by Gasteiger charge is -2.18. The van der Waals surface area contributed by atoms with Crippen molar-refractivity contribution in [2.45, 2.75) is 297 Å². The van der Waals surface area contributed by atoms with Crippen LogP contribution in [0, 0.1) is 0 Å². The summed E-state index contributed by atoms with van der Waals surface area (Å²) in [5.41, 5.74) is 0. The molecule has 0 radical (unpaired) electrons. The number of unbranched alkanes of at least 4 members (excludes halogenated alkanes) is 36. The first kappa shape index (κ1) is 55.4. The smallest absolute Gasteiger partial charge is 0.306 e. The van der Waals surface area contributed by atoms with Gasteiger partial charge in [-0.05, 0) is 19.3 Å². The molecule has 0 aliphatic heterocycles. The highest BCUT2D eigenvalue weighted by Crippen LogP contribution is 2.17. The van der Waals surface area contributed by atoms with Gasteiger partial charge < -0.3 is 14.2 Å². The molecule has 0 fully saturated rings. The van der Waals surface area contributed by atoms with Crippen molar-refractivity contribution in [1.29, 1.82) is 0 Å². The van der Waals surface area contributed by atoms with Gasteiger partial charge in [-0.3, -0.25) is 14.4 Å². The summed E-state index contributed by atoms with van der Waals surface area (Å²) in [6.07, 6.45) is 49.6. The molecule has 0 aromatic carbocycles. The van der Waals surface area contributed by atoms with E-state index >= 15 is 0 Å². The maximum atomic E-state index is 12.6. The third-order valence-corrected chi connectivity index (χ3v) is 11.6. The Morgan fingerprint density at radius 1 is 0.281 bits per heavy atom. The monoisotopic (exact) mass is 807 g/mol. The second kappa shape index (κ2) is 47.1. The van der Waals surface area contributed by atoms with Crippen molar-refractivity contribution in [3.05, 3.63) is 0 Å². The van der Waals surface area contributed by atoms with E-state index in [2.05, 4.69) is 20.8 Å². The molecular weight excluding hydrogens is 709 g/mol. The van der Waals surface area contributed by atoms with Crippen LogP contribution in [0.25, 0.3) is 0 Å². The Kier molecular flexibility index (Phi) is 45.8. The Labute approximate surface area is 355 Å². The molecule has 0 spiro atoms. The number of carbonyl (C=O) groups is 3. The van der Waals surface area contributed by atoms with E-state index in [-0.39, 0.29) is 31.1 Å². The standard InChI is InChI=1S/C51H98O6/c1-4-7-10-13-16-18-20-22-23-24-25-26-27-29-31-33-36-38-41-44-50(53)56-47-48(57-51(54)45-42-39-34-15-12-9-6-3)46-55-49(52)43-40-37-35-32-30-28-21-19-17-14-11-8-5-2/h48H,4-47H2,1-3H3/t48-/m0/s1. The van der Waals surface area contributed by atoms with Crippen molar-refractivity contribution < 1.29 is 28.6 Å². The molecule has 0 aromatic heterocycles. The van der Waals surface area contributed by atoms with E-state index in [0.717, 1.165) is 57.8 Å². The lowest BCUT2D eigenvalue weighted by atomic mass is 10.0. The summed E-state index contributed by atoms with van der Waals surface area (Å²) in [6.45, 7) is 6.64. The molecule has 0 aromatic rings. The molecule has 0 aliphatic carbocycles. The Morgan fingerprint density at radius 2 is 0.474 bits per heavy atom. The van der Waals surface area contributed by atoms with Crippen LogP contribution < -0.4 is 0 Å². The molecule has 1 atom stereocenters. The minimum Gasteiger partial charge on any atom is -0.462 e. The van der Waals surface area contributed by atoms with Gasteiger partial charge in [-0.2, -0.15) is 0 Å². The Balaban J connectivity index is 4.13. The zero-order valence-corrected chi connectivity index (χ0v) is 38.6. The molecule has 0 aliphatic rings. The third kappa shape index (κ3) is 45.3. The lowest BCUT2D eigenvalue weighted by molar-refractivity contribution is -0.167. The van der Waals surface area contributed by atoms with Gasteiger partial charge in [0.1, 0.15) is 13.2 Å². The van der Waals surface area contributed by atoms with Crippen LogP contribution in [-0.2, 0) is 28.6 Å². The van der Waals surface area contributed by atoms with E-state index in [1.807, 2.05) is 0 Å². The predicted molar refractivity (Wildman–Crippen MR) is 243 cm³/mol. The summed E-state index contributed by atoms with van der Waals surface area (Å²) in [5.74, 6) is -0.851. The zero-order valence-electron chi connectivity index (χ0n) is 38.6. The zero-order chi connectivity index (χ0) is 41.5. The molecule has 338 valence electrons. The van der Waals surface area contributed by atoms with Gasteiger partial charge in [-0.25, -0.2) is 0 Å². The van der Waals surface area contributed by atoms with Crippen LogP contribution in [-0.4, -0.2) is 37.2 Å². The van der Waals surface area contributed by atoms with E-state index < -0.39 is 6.10 Å². The molecule has 0 amide bonds. The molecule has 0 bridgehead atoms. The van der Waals surface area contributed by atoms with Crippen molar-refractivity contribution >= 4 is 17.9 Å². The number of rotatable bonds is 47. The highest BCUT2D eigenvalue weighted by molar-refractivity contribution is 5.71. The van der Waals surface area contributed by atoms with Crippen molar-refractivity contribution in [2.75, 3.05) is 13.2 Å².